The maximum atomic E-state index is 12.8. The topological polar surface area (TPSA) is 58.1 Å². The minimum atomic E-state index is -0.0564. The van der Waals surface area contributed by atoms with E-state index in [0.717, 1.165) is 42.1 Å². The zero-order valence-electron chi connectivity index (χ0n) is 17.6. The van der Waals surface area contributed by atoms with Crippen molar-refractivity contribution in [3.05, 3.63) is 72.3 Å². The number of anilines is 2. The quantitative estimate of drug-likeness (QED) is 0.646. The van der Waals surface area contributed by atoms with E-state index < -0.39 is 0 Å². The summed E-state index contributed by atoms with van der Waals surface area (Å²) in [5.74, 6) is 1.33. The van der Waals surface area contributed by atoms with E-state index in [-0.39, 0.29) is 11.8 Å². The highest BCUT2D eigenvalue weighted by Gasteiger charge is 2.27. The Balaban J connectivity index is 1.39. The molecule has 0 saturated carbocycles. The molecule has 30 heavy (non-hydrogen) atoms. The van der Waals surface area contributed by atoms with Crippen molar-refractivity contribution in [1.82, 2.24) is 10.2 Å². The summed E-state index contributed by atoms with van der Waals surface area (Å²) in [7, 11) is 0. The second-order valence-corrected chi connectivity index (χ2v) is 8.19. The number of piperidine rings is 1. The predicted octanol–water partition coefficient (Wildman–Crippen LogP) is 5.12. The molecule has 1 atom stereocenters. The molecule has 1 saturated heterocycles. The molecule has 1 amide bonds. The zero-order chi connectivity index (χ0) is 20.9. The molecule has 4 rings (SSSR count). The number of nitrogens with zero attached hydrogens (tertiary/aromatic N) is 3. The first-order valence-electron chi connectivity index (χ1n) is 10.6. The van der Waals surface area contributed by atoms with E-state index in [2.05, 4.69) is 46.4 Å². The molecule has 5 heteroatoms. The molecule has 0 radical (unpaired) electrons. The van der Waals surface area contributed by atoms with Crippen LogP contribution in [-0.2, 0) is 4.79 Å². The third kappa shape index (κ3) is 4.67. The molecule has 0 spiro atoms. The van der Waals surface area contributed by atoms with Crippen molar-refractivity contribution < 1.29 is 4.79 Å². The first kappa shape index (κ1) is 20.1. The number of rotatable bonds is 5. The summed E-state index contributed by atoms with van der Waals surface area (Å²) in [6.45, 7) is 5.89. The van der Waals surface area contributed by atoms with Crippen molar-refractivity contribution in [3.63, 3.8) is 0 Å². The van der Waals surface area contributed by atoms with Crippen molar-refractivity contribution in [1.29, 1.82) is 0 Å². The Morgan fingerprint density at radius 3 is 2.43 bits per heavy atom. The van der Waals surface area contributed by atoms with Crippen LogP contribution in [0, 0.1) is 5.92 Å². The van der Waals surface area contributed by atoms with Gasteiger partial charge in [-0.25, -0.2) is 0 Å². The van der Waals surface area contributed by atoms with Crippen molar-refractivity contribution >= 4 is 17.4 Å². The minimum absolute atomic E-state index is 0.0564. The van der Waals surface area contributed by atoms with E-state index in [4.69, 9.17) is 0 Å². The van der Waals surface area contributed by atoms with E-state index >= 15 is 0 Å². The van der Waals surface area contributed by atoms with Gasteiger partial charge in [-0.15, -0.1) is 10.2 Å². The number of nitrogens with one attached hydrogen (secondary N) is 1. The fourth-order valence-corrected chi connectivity index (χ4v) is 3.85. The van der Waals surface area contributed by atoms with Crippen LogP contribution in [0.3, 0.4) is 0 Å². The summed E-state index contributed by atoms with van der Waals surface area (Å²) < 4.78 is 0. The summed E-state index contributed by atoms with van der Waals surface area (Å²) in [6, 6.07) is 22.2. The standard InChI is InChI=1S/C25H28N4O/c1-18(2)19-10-12-22(13-11-19)26-25(30)21-9-6-16-29(17-21)24-15-14-23(27-28-24)20-7-4-3-5-8-20/h3-5,7-8,10-15,18,21H,6,9,16-17H2,1-2H3,(H,26,30). The fraction of sp³-hybridized carbons (Fsp3) is 0.320. The number of benzene rings is 2. The van der Waals surface area contributed by atoms with Gasteiger partial charge in [-0.2, -0.15) is 0 Å². The highest BCUT2D eigenvalue weighted by atomic mass is 16.1. The van der Waals surface area contributed by atoms with E-state index in [0.29, 0.717) is 12.5 Å². The number of carbonyl (C=O) groups is 1. The largest absolute Gasteiger partial charge is 0.354 e. The molecule has 5 nitrogen and oxygen atoms in total. The van der Waals surface area contributed by atoms with Crippen molar-refractivity contribution in [2.45, 2.75) is 32.6 Å². The maximum Gasteiger partial charge on any atom is 0.229 e. The lowest BCUT2D eigenvalue weighted by atomic mass is 9.96. The van der Waals surface area contributed by atoms with Crippen LogP contribution < -0.4 is 10.2 Å². The Morgan fingerprint density at radius 2 is 1.77 bits per heavy atom. The van der Waals surface area contributed by atoms with E-state index in [1.165, 1.54) is 5.56 Å². The van der Waals surface area contributed by atoms with Gasteiger partial charge < -0.3 is 10.2 Å². The second kappa shape index (κ2) is 9.08. The molecule has 154 valence electrons. The van der Waals surface area contributed by atoms with Crippen LogP contribution in [0.1, 0.15) is 38.2 Å². The summed E-state index contributed by atoms with van der Waals surface area (Å²) in [4.78, 5) is 15.0. The number of hydrogen-bond acceptors (Lipinski definition) is 4. The van der Waals surface area contributed by atoms with Crippen molar-refractivity contribution in [2.24, 2.45) is 5.92 Å². The highest BCUT2D eigenvalue weighted by molar-refractivity contribution is 5.93. The molecular weight excluding hydrogens is 372 g/mol. The van der Waals surface area contributed by atoms with Gasteiger partial charge >= 0.3 is 0 Å². The van der Waals surface area contributed by atoms with Gasteiger partial charge in [0.15, 0.2) is 5.82 Å². The van der Waals surface area contributed by atoms with Gasteiger partial charge in [0.25, 0.3) is 0 Å². The van der Waals surface area contributed by atoms with Gasteiger partial charge in [-0.1, -0.05) is 56.3 Å². The lowest BCUT2D eigenvalue weighted by Gasteiger charge is -2.32. The summed E-state index contributed by atoms with van der Waals surface area (Å²) in [6.07, 6.45) is 1.86. The molecule has 1 aliphatic heterocycles. The molecule has 1 fully saturated rings. The SMILES string of the molecule is CC(C)c1ccc(NC(=O)C2CCCN(c3ccc(-c4ccccc4)nn3)C2)cc1. The fourth-order valence-electron chi connectivity index (χ4n) is 3.85. The molecule has 1 unspecified atom stereocenters. The summed E-state index contributed by atoms with van der Waals surface area (Å²) in [5.41, 5.74) is 4.04. The van der Waals surface area contributed by atoms with Gasteiger partial charge in [0.2, 0.25) is 5.91 Å². The predicted molar refractivity (Wildman–Crippen MR) is 122 cm³/mol. The number of carbonyl (C=O) groups excluding carboxylic acids is 1. The van der Waals surface area contributed by atoms with Crippen molar-refractivity contribution in [2.75, 3.05) is 23.3 Å². The average Bonchev–Trinajstić information content (AvgIpc) is 2.80. The van der Waals surface area contributed by atoms with Crippen LogP contribution in [0.15, 0.2) is 66.7 Å². The van der Waals surface area contributed by atoms with Crippen LogP contribution in [0.25, 0.3) is 11.3 Å². The van der Waals surface area contributed by atoms with Gasteiger partial charge in [0.1, 0.15) is 0 Å². The Kier molecular flexibility index (Phi) is 6.07. The Bertz CT molecular complexity index is 968. The van der Waals surface area contributed by atoms with Crippen LogP contribution >= 0.6 is 0 Å². The first-order valence-corrected chi connectivity index (χ1v) is 10.6. The zero-order valence-corrected chi connectivity index (χ0v) is 17.6. The molecule has 0 aliphatic carbocycles. The van der Waals surface area contributed by atoms with Crippen LogP contribution in [0.5, 0.6) is 0 Å². The molecule has 0 bridgehead atoms. The van der Waals surface area contributed by atoms with Crippen molar-refractivity contribution in [3.8, 4) is 11.3 Å². The smallest absolute Gasteiger partial charge is 0.229 e. The molecule has 1 N–H and O–H groups in total. The second-order valence-electron chi connectivity index (χ2n) is 8.19. The van der Waals surface area contributed by atoms with Gasteiger partial charge in [0.05, 0.1) is 11.6 Å². The van der Waals surface area contributed by atoms with E-state index in [1.54, 1.807) is 0 Å². The lowest BCUT2D eigenvalue weighted by molar-refractivity contribution is -0.120. The molecule has 1 aliphatic rings. The molecule has 2 heterocycles. The lowest BCUT2D eigenvalue weighted by Crippen LogP contribution is -2.41. The monoisotopic (exact) mass is 400 g/mol. The highest BCUT2D eigenvalue weighted by Crippen LogP contribution is 2.25. The molecule has 3 aromatic rings. The number of amides is 1. The van der Waals surface area contributed by atoms with Gasteiger partial charge in [-0.3, -0.25) is 4.79 Å². The minimum Gasteiger partial charge on any atom is -0.354 e. The summed E-state index contributed by atoms with van der Waals surface area (Å²) >= 11 is 0. The van der Waals surface area contributed by atoms with E-state index in [9.17, 15) is 4.79 Å². The van der Waals surface area contributed by atoms with Gasteiger partial charge in [0, 0.05) is 24.3 Å². The molecule has 1 aromatic heterocycles. The number of aromatic nitrogens is 2. The molecular formula is C25H28N4O. The average molecular weight is 401 g/mol. The number of hydrogen-bond donors (Lipinski definition) is 1. The summed E-state index contributed by atoms with van der Waals surface area (Å²) in [5, 5.41) is 11.9. The Hall–Kier alpha value is -3.21. The van der Waals surface area contributed by atoms with Crippen LogP contribution in [-0.4, -0.2) is 29.2 Å². The Morgan fingerprint density at radius 1 is 1.00 bits per heavy atom. The molecule has 2 aromatic carbocycles. The normalized spacial score (nSPS) is 16.5. The van der Waals surface area contributed by atoms with Gasteiger partial charge in [-0.05, 0) is 48.6 Å². The van der Waals surface area contributed by atoms with Crippen LogP contribution in [0.4, 0.5) is 11.5 Å². The van der Waals surface area contributed by atoms with E-state index in [1.807, 2.05) is 54.6 Å². The first-order chi connectivity index (χ1) is 14.6. The Labute approximate surface area is 178 Å². The third-order valence-corrected chi connectivity index (χ3v) is 5.68. The third-order valence-electron chi connectivity index (χ3n) is 5.68. The van der Waals surface area contributed by atoms with Crippen LogP contribution in [0.2, 0.25) is 0 Å². The maximum absolute atomic E-state index is 12.8.